The largest absolute Gasteiger partial charge is 0.497 e. The van der Waals surface area contributed by atoms with Gasteiger partial charge in [-0.2, -0.15) is 12.7 Å². The van der Waals surface area contributed by atoms with Crippen LogP contribution in [0, 0.1) is 0 Å². The van der Waals surface area contributed by atoms with Crippen molar-refractivity contribution in [3.8, 4) is 5.75 Å². The first-order valence-corrected chi connectivity index (χ1v) is 8.22. The lowest BCUT2D eigenvalue weighted by atomic mass is 9.83. The number of nitrogens with zero attached hydrogens (tertiary/aromatic N) is 1. The summed E-state index contributed by atoms with van der Waals surface area (Å²) in [4.78, 5) is 0. The molecule has 0 amide bonds. The van der Waals surface area contributed by atoms with E-state index in [1.165, 1.54) is 29.5 Å². The van der Waals surface area contributed by atoms with Crippen LogP contribution in [0.1, 0.15) is 29.9 Å². The quantitative estimate of drug-likeness (QED) is 0.896. The van der Waals surface area contributed by atoms with Gasteiger partial charge < -0.3 is 4.74 Å². The Morgan fingerprint density at radius 3 is 2.80 bits per heavy atom. The Kier molecular flexibility index (Phi) is 4.67. The number of benzene rings is 1. The number of fused-ring (bicyclic) bond motifs is 1. The van der Waals surface area contributed by atoms with Crippen LogP contribution >= 0.6 is 0 Å². The Morgan fingerprint density at radius 2 is 2.15 bits per heavy atom. The van der Waals surface area contributed by atoms with Gasteiger partial charge in [0.2, 0.25) is 0 Å². The standard InChI is InChI=1S/C14H22N2O3S/c1-16(2)20(17,18)15-10-12-6-4-5-11-9-13(19-3)7-8-14(11)12/h7-9,12,15H,4-6,10H2,1-3H3/t12-/m0/s1. The van der Waals surface area contributed by atoms with Crippen molar-refractivity contribution < 1.29 is 13.2 Å². The van der Waals surface area contributed by atoms with Crippen LogP contribution in [0.4, 0.5) is 0 Å². The van der Waals surface area contributed by atoms with Crippen LogP contribution in [-0.2, 0) is 16.6 Å². The van der Waals surface area contributed by atoms with Gasteiger partial charge in [0.1, 0.15) is 5.75 Å². The van der Waals surface area contributed by atoms with Gasteiger partial charge in [-0.05, 0) is 48.4 Å². The smallest absolute Gasteiger partial charge is 0.278 e. The first kappa shape index (κ1) is 15.3. The molecule has 1 aromatic rings. The molecule has 1 aromatic carbocycles. The van der Waals surface area contributed by atoms with Gasteiger partial charge >= 0.3 is 0 Å². The highest BCUT2D eigenvalue weighted by molar-refractivity contribution is 7.87. The average molecular weight is 298 g/mol. The highest BCUT2D eigenvalue weighted by Gasteiger charge is 2.23. The molecule has 6 heteroatoms. The van der Waals surface area contributed by atoms with Gasteiger partial charge in [-0.25, -0.2) is 4.72 Å². The van der Waals surface area contributed by atoms with E-state index in [2.05, 4.69) is 16.9 Å². The fraction of sp³-hybridized carbons (Fsp3) is 0.571. The molecule has 0 bridgehead atoms. The summed E-state index contributed by atoms with van der Waals surface area (Å²) in [6.07, 6.45) is 3.12. The molecule has 0 fully saturated rings. The van der Waals surface area contributed by atoms with Crippen LogP contribution in [0.15, 0.2) is 18.2 Å². The van der Waals surface area contributed by atoms with Gasteiger partial charge in [0.05, 0.1) is 7.11 Å². The van der Waals surface area contributed by atoms with Crippen molar-refractivity contribution in [2.24, 2.45) is 0 Å². The van der Waals surface area contributed by atoms with Gasteiger partial charge in [0.15, 0.2) is 0 Å². The van der Waals surface area contributed by atoms with E-state index in [0.29, 0.717) is 6.54 Å². The summed E-state index contributed by atoms with van der Waals surface area (Å²) in [5.41, 5.74) is 2.50. The summed E-state index contributed by atoms with van der Waals surface area (Å²) >= 11 is 0. The maximum atomic E-state index is 11.8. The molecular weight excluding hydrogens is 276 g/mol. The zero-order valence-corrected chi connectivity index (χ0v) is 13.0. The third-order valence-corrected chi connectivity index (χ3v) is 5.27. The summed E-state index contributed by atoms with van der Waals surface area (Å²) in [6.45, 7) is 0.444. The number of hydrogen-bond acceptors (Lipinski definition) is 3. The summed E-state index contributed by atoms with van der Waals surface area (Å²) < 4.78 is 32.7. The van der Waals surface area contributed by atoms with Crippen LogP contribution in [0.2, 0.25) is 0 Å². The molecule has 0 saturated heterocycles. The molecule has 0 saturated carbocycles. The van der Waals surface area contributed by atoms with E-state index in [-0.39, 0.29) is 5.92 Å². The van der Waals surface area contributed by atoms with Gasteiger partial charge in [-0.15, -0.1) is 0 Å². The topological polar surface area (TPSA) is 58.6 Å². The second kappa shape index (κ2) is 6.11. The van der Waals surface area contributed by atoms with Crippen LogP contribution in [0.25, 0.3) is 0 Å². The van der Waals surface area contributed by atoms with Crippen molar-refractivity contribution in [3.05, 3.63) is 29.3 Å². The van der Waals surface area contributed by atoms with E-state index in [4.69, 9.17) is 4.74 Å². The number of aryl methyl sites for hydroxylation is 1. The Hall–Kier alpha value is -1.11. The minimum atomic E-state index is -3.35. The molecule has 0 spiro atoms. The van der Waals surface area contributed by atoms with E-state index in [1.54, 1.807) is 7.11 Å². The number of hydrogen-bond donors (Lipinski definition) is 1. The molecule has 20 heavy (non-hydrogen) atoms. The number of ether oxygens (including phenoxy) is 1. The summed E-state index contributed by atoms with van der Waals surface area (Å²) in [5.74, 6) is 1.10. The minimum Gasteiger partial charge on any atom is -0.497 e. The number of methoxy groups -OCH3 is 1. The maximum Gasteiger partial charge on any atom is 0.278 e. The lowest BCUT2D eigenvalue weighted by molar-refractivity contribution is 0.412. The van der Waals surface area contributed by atoms with E-state index in [0.717, 1.165) is 25.0 Å². The molecule has 0 aliphatic heterocycles. The molecule has 1 aliphatic rings. The van der Waals surface area contributed by atoms with Gasteiger partial charge in [-0.3, -0.25) is 0 Å². The first-order valence-electron chi connectivity index (χ1n) is 6.78. The van der Waals surface area contributed by atoms with Crippen molar-refractivity contribution in [2.45, 2.75) is 25.2 Å². The number of rotatable bonds is 5. The van der Waals surface area contributed by atoms with E-state index in [9.17, 15) is 8.42 Å². The van der Waals surface area contributed by atoms with Crippen LogP contribution in [-0.4, -0.2) is 40.5 Å². The van der Waals surface area contributed by atoms with Gasteiger partial charge in [0.25, 0.3) is 10.2 Å². The molecule has 112 valence electrons. The summed E-state index contributed by atoms with van der Waals surface area (Å²) in [7, 11) is 1.37. The molecule has 0 radical (unpaired) electrons. The van der Waals surface area contributed by atoms with E-state index < -0.39 is 10.2 Å². The Balaban J connectivity index is 2.13. The Bertz CT molecular complexity index is 570. The van der Waals surface area contributed by atoms with Crippen LogP contribution in [0.3, 0.4) is 0 Å². The maximum absolute atomic E-state index is 11.8. The normalized spacial score (nSPS) is 18.9. The number of nitrogens with one attached hydrogen (secondary N) is 1. The van der Waals surface area contributed by atoms with Crippen molar-refractivity contribution in [1.82, 2.24) is 9.03 Å². The second-order valence-corrected chi connectivity index (χ2v) is 7.26. The third kappa shape index (κ3) is 3.31. The van der Waals surface area contributed by atoms with E-state index in [1.807, 2.05) is 6.07 Å². The monoisotopic (exact) mass is 298 g/mol. The Morgan fingerprint density at radius 1 is 1.40 bits per heavy atom. The fourth-order valence-electron chi connectivity index (χ4n) is 2.57. The molecule has 0 unspecified atom stereocenters. The lowest BCUT2D eigenvalue weighted by Crippen LogP contribution is -2.38. The Labute approximate surface area is 121 Å². The minimum absolute atomic E-state index is 0.236. The molecule has 1 aliphatic carbocycles. The van der Waals surface area contributed by atoms with Crippen molar-refractivity contribution in [1.29, 1.82) is 0 Å². The fourth-order valence-corrected chi connectivity index (χ4v) is 3.24. The molecular formula is C14H22N2O3S. The molecule has 1 atom stereocenters. The predicted molar refractivity (Wildman–Crippen MR) is 79.3 cm³/mol. The van der Waals surface area contributed by atoms with E-state index >= 15 is 0 Å². The zero-order valence-electron chi connectivity index (χ0n) is 12.2. The van der Waals surface area contributed by atoms with Crippen LogP contribution < -0.4 is 9.46 Å². The zero-order chi connectivity index (χ0) is 14.8. The van der Waals surface area contributed by atoms with Crippen molar-refractivity contribution in [3.63, 3.8) is 0 Å². The lowest BCUT2D eigenvalue weighted by Gasteiger charge is -2.26. The van der Waals surface area contributed by atoms with Gasteiger partial charge in [0, 0.05) is 20.6 Å². The first-order chi connectivity index (χ1) is 9.44. The van der Waals surface area contributed by atoms with Crippen molar-refractivity contribution >= 4 is 10.2 Å². The summed E-state index contributed by atoms with van der Waals surface area (Å²) in [5, 5.41) is 0. The highest BCUT2D eigenvalue weighted by Crippen LogP contribution is 2.33. The van der Waals surface area contributed by atoms with Crippen molar-refractivity contribution in [2.75, 3.05) is 27.7 Å². The molecule has 2 rings (SSSR count). The SMILES string of the molecule is COc1ccc2c(c1)CCC[C@H]2CNS(=O)(=O)N(C)C. The predicted octanol–water partition coefficient (Wildman–Crippen LogP) is 1.51. The second-order valence-electron chi connectivity index (χ2n) is 5.29. The van der Waals surface area contributed by atoms with Crippen LogP contribution in [0.5, 0.6) is 5.75 Å². The third-order valence-electron chi connectivity index (χ3n) is 3.78. The molecule has 1 N–H and O–H groups in total. The molecule has 5 nitrogen and oxygen atoms in total. The van der Waals surface area contributed by atoms with Gasteiger partial charge in [-0.1, -0.05) is 6.07 Å². The average Bonchev–Trinajstić information content (AvgIpc) is 2.44. The summed E-state index contributed by atoms with van der Waals surface area (Å²) in [6, 6.07) is 6.06. The molecule has 0 heterocycles. The highest BCUT2D eigenvalue weighted by atomic mass is 32.2. The molecule has 0 aromatic heterocycles.